The van der Waals surface area contributed by atoms with Crippen molar-refractivity contribution in [2.45, 2.75) is 125 Å². The summed E-state index contributed by atoms with van der Waals surface area (Å²) in [7, 11) is 0. The molecule has 0 N–H and O–H groups in total. The molecule has 6 nitrogen and oxygen atoms in total. The first kappa shape index (κ1) is 30.1. The van der Waals surface area contributed by atoms with Crippen molar-refractivity contribution in [3.63, 3.8) is 0 Å². The number of rotatable bonds is 7. The number of carbonyl (C=O) groups is 3. The molecule has 0 saturated heterocycles. The molecule has 0 aromatic carbocycles. The van der Waals surface area contributed by atoms with Crippen LogP contribution in [0.25, 0.3) is 0 Å². The van der Waals surface area contributed by atoms with Crippen molar-refractivity contribution in [1.29, 1.82) is 0 Å². The molecule has 0 aliphatic heterocycles. The van der Waals surface area contributed by atoms with Gasteiger partial charge >= 0.3 is 17.9 Å². The highest BCUT2D eigenvalue weighted by Gasteiger charge is 2.64. The SMILES string of the molecule is CC(=O)O[C@H]1CC2C3CCC(C(C)/C=C/CC(C)C)C3(C)CCC2C2(C)C[C@H](OC(C)=O)[C@@H](OC(C)=O)CC12. The lowest BCUT2D eigenvalue weighted by atomic mass is 9.43. The molecule has 4 aliphatic rings. The van der Waals surface area contributed by atoms with Crippen LogP contribution in [0.5, 0.6) is 0 Å². The third-order valence-corrected chi connectivity index (χ3v) is 11.3. The topological polar surface area (TPSA) is 78.9 Å². The molecular weight excluding hydrogens is 492 g/mol. The number of carbonyl (C=O) groups excluding carboxylic acids is 3. The first-order valence-corrected chi connectivity index (χ1v) is 15.4. The summed E-state index contributed by atoms with van der Waals surface area (Å²) < 4.78 is 17.6. The van der Waals surface area contributed by atoms with Crippen LogP contribution in [0.2, 0.25) is 0 Å². The van der Waals surface area contributed by atoms with Gasteiger partial charge in [0.15, 0.2) is 0 Å². The zero-order chi connectivity index (χ0) is 28.7. The zero-order valence-electron chi connectivity index (χ0n) is 25.5. The molecule has 4 fully saturated rings. The van der Waals surface area contributed by atoms with Gasteiger partial charge in [0.2, 0.25) is 0 Å². The quantitative estimate of drug-likeness (QED) is 0.197. The Morgan fingerprint density at radius 2 is 1.36 bits per heavy atom. The second kappa shape index (κ2) is 11.6. The van der Waals surface area contributed by atoms with E-state index in [1.807, 2.05) is 0 Å². The van der Waals surface area contributed by atoms with E-state index in [2.05, 4.69) is 46.8 Å². The van der Waals surface area contributed by atoms with Gasteiger partial charge in [-0.05, 0) is 97.7 Å². The number of allylic oxidation sites excluding steroid dienone is 2. The van der Waals surface area contributed by atoms with Crippen LogP contribution >= 0.6 is 0 Å². The predicted molar refractivity (Wildman–Crippen MR) is 150 cm³/mol. The molecule has 220 valence electrons. The van der Waals surface area contributed by atoms with Crippen molar-refractivity contribution in [2.24, 2.45) is 52.3 Å². The van der Waals surface area contributed by atoms with Crippen LogP contribution in [0, 0.1) is 52.3 Å². The zero-order valence-corrected chi connectivity index (χ0v) is 25.5. The molecule has 6 heteroatoms. The number of hydrogen-bond acceptors (Lipinski definition) is 6. The fourth-order valence-corrected chi connectivity index (χ4v) is 9.87. The second-order valence-electron chi connectivity index (χ2n) is 14.3. The van der Waals surface area contributed by atoms with Crippen LogP contribution in [0.15, 0.2) is 12.2 Å². The van der Waals surface area contributed by atoms with Crippen molar-refractivity contribution in [2.75, 3.05) is 0 Å². The van der Waals surface area contributed by atoms with Crippen LogP contribution in [0.1, 0.15) is 107 Å². The summed E-state index contributed by atoms with van der Waals surface area (Å²) in [6.07, 6.45) is 11.7. The molecule has 0 amide bonds. The minimum Gasteiger partial charge on any atom is -0.462 e. The maximum Gasteiger partial charge on any atom is 0.303 e. The smallest absolute Gasteiger partial charge is 0.303 e. The van der Waals surface area contributed by atoms with Gasteiger partial charge in [-0.2, -0.15) is 0 Å². The lowest BCUT2D eigenvalue weighted by Gasteiger charge is -2.63. The van der Waals surface area contributed by atoms with Gasteiger partial charge in [0, 0.05) is 26.7 Å². The van der Waals surface area contributed by atoms with Gasteiger partial charge in [-0.25, -0.2) is 0 Å². The van der Waals surface area contributed by atoms with Crippen LogP contribution < -0.4 is 0 Å². The molecule has 0 aromatic heterocycles. The fraction of sp³-hybridized carbons (Fsp3) is 0.848. The maximum atomic E-state index is 12.3. The van der Waals surface area contributed by atoms with Gasteiger partial charge in [-0.3, -0.25) is 14.4 Å². The predicted octanol–water partition coefficient (Wildman–Crippen LogP) is 6.90. The normalized spacial score (nSPS) is 42.3. The molecule has 4 rings (SSSR count). The Morgan fingerprint density at radius 1 is 0.769 bits per heavy atom. The van der Waals surface area contributed by atoms with Gasteiger partial charge in [-0.15, -0.1) is 0 Å². The Labute approximate surface area is 236 Å². The lowest BCUT2D eigenvalue weighted by Crippen LogP contribution is -2.62. The minimum atomic E-state index is -0.512. The van der Waals surface area contributed by atoms with E-state index in [9.17, 15) is 14.4 Å². The molecule has 4 saturated carbocycles. The van der Waals surface area contributed by atoms with Crippen molar-refractivity contribution in [1.82, 2.24) is 0 Å². The van der Waals surface area contributed by atoms with Crippen molar-refractivity contribution in [3.05, 3.63) is 12.2 Å². The molecule has 0 radical (unpaired) electrons. The molecular formula is C33H52O6. The van der Waals surface area contributed by atoms with Gasteiger partial charge in [0.05, 0.1) is 0 Å². The molecule has 0 aromatic rings. The van der Waals surface area contributed by atoms with E-state index in [0.29, 0.717) is 48.3 Å². The van der Waals surface area contributed by atoms with Crippen LogP contribution in [0.3, 0.4) is 0 Å². The van der Waals surface area contributed by atoms with E-state index >= 15 is 0 Å². The Balaban J connectivity index is 1.64. The van der Waals surface area contributed by atoms with E-state index < -0.39 is 12.2 Å². The lowest BCUT2D eigenvalue weighted by molar-refractivity contribution is -0.219. The van der Waals surface area contributed by atoms with E-state index in [1.54, 1.807) is 0 Å². The van der Waals surface area contributed by atoms with E-state index in [0.717, 1.165) is 19.3 Å². The van der Waals surface area contributed by atoms with E-state index in [4.69, 9.17) is 14.2 Å². The fourth-order valence-electron chi connectivity index (χ4n) is 9.87. The van der Waals surface area contributed by atoms with Crippen LogP contribution in [0.4, 0.5) is 0 Å². The molecule has 11 atom stereocenters. The summed E-state index contributed by atoms with van der Waals surface area (Å²) in [5.41, 5.74) is 0.110. The van der Waals surface area contributed by atoms with Gasteiger partial charge in [-0.1, -0.05) is 46.8 Å². The largest absolute Gasteiger partial charge is 0.462 e. The standard InChI is InChI=1S/C33H52O6/c1-19(2)10-9-11-20(3)25-12-13-26-24-16-29(37-21(4)34)28-17-30(38-22(5)35)31(39-23(6)36)18-33(28,8)27(24)14-15-32(25,26)7/h9,11,19-20,24-31H,10,12-18H2,1-8H3/b11-9+/t20?,24?,25?,26?,27?,28?,29-,30-,31-,32?,33?/m0/s1. The van der Waals surface area contributed by atoms with Crippen molar-refractivity contribution >= 4 is 17.9 Å². The monoisotopic (exact) mass is 544 g/mol. The minimum absolute atomic E-state index is 0.0678. The Kier molecular flexibility index (Phi) is 8.93. The molecule has 4 aliphatic carbocycles. The first-order valence-electron chi connectivity index (χ1n) is 15.4. The highest BCUT2D eigenvalue weighted by atomic mass is 16.6. The van der Waals surface area contributed by atoms with Crippen LogP contribution in [-0.2, 0) is 28.6 Å². The highest BCUT2D eigenvalue weighted by molar-refractivity contribution is 5.67. The Morgan fingerprint density at radius 3 is 1.97 bits per heavy atom. The summed E-state index contributed by atoms with van der Waals surface area (Å²) in [6.45, 7) is 16.1. The average molecular weight is 545 g/mol. The third kappa shape index (κ3) is 5.95. The second-order valence-corrected chi connectivity index (χ2v) is 14.3. The highest BCUT2D eigenvalue weighted by Crippen LogP contribution is 2.68. The third-order valence-electron chi connectivity index (χ3n) is 11.3. The molecule has 0 heterocycles. The van der Waals surface area contributed by atoms with Crippen LogP contribution in [-0.4, -0.2) is 36.2 Å². The molecule has 0 spiro atoms. The summed E-state index contributed by atoms with van der Waals surface area (Å²) in [4.78, 5) is 36.3. The summed E-state index contributed by atoms with van der Waals surface area (Å²) in [5.74, 6) is 2.52. The van der Waals surface area contributed by atoms with Gasteiger partial charge in [0.25, 0.3) is 0 Å². The van der Waals surface area contributed by atoms with Crippen molar-refractivity contribution < 1.29 is 28.6 Å². The molecule has 8 unspecified atom stereocenters. The summed E-state index contributed by atoms with van der Waals surface area (Å²) >= 11 is 0. The van der Waals surface area contributed by atoms with Gasteiger partial charge in [0.1, 0.15) is 18.3 Å². The van der Waals surface area contributed by atoms with E-state index in [1.165, 1.54) is 40.0 Å². The number of fused-ring (bicyclic) bond motifs is 5. The Hall–Kier alpha value is -1.85. The Bertz CT molecular complexity index is 956. The summed E-state index contributed by atoms with van der Waals surface area (Å²) in [5, 5.41) is 0. The summed E-state index contributed by atoms with van der Waals surface area (Å²) in [6, 6.07) is 0. The van der Waals surface area contributed by atoms with E-state index in [-0.39, 0.29) is 40.8 Å². The maximum absolute atomic E-state index is 12.3. The first-order chi connectivity index (χ1) is 18.3. The van der Waals surface area contributed by atoms with Crippen molar-refractivity contribution in [3.8, 4) is 0 Å². The average Bonchev–Trinajstić information content (AvgIpc) is 3.16. The number of hydrogen-bond donors (Lipinski definition) is 0. The number of ether oxygens (including phenoxy) is 3. The molecule has 39 heavy (non-hydrogen) atoms. The van der Waals surface area contributed by atoms with Gasteiger partial charge < -0.3 is 14.2 Å². The molecule has 0 bridgehead atoms. The number of esters is 3.